The van der Waals surface area contributed by atoms with Crippen LogP contribution >= 0.6 is 0 Å². The van der Waals surface area contributed by atoms with E-state index >= 15 is 0 Å². The summed E-state index contributed by atoms with van der Waals surface area (Å²) in [5.74, 6) is 0. The minimum Gasteiger partial charge on any atom is -0.411 e. The van der Waals surface area contributed by atoms with Gasteiger partial charge in [-0.15, -0.1) is 0 Å². The minimum absolute atomic E-state index is 0.240. The number of rotatable bonds is 4. The summed E-state index contributed by atoms with van der Waals surface area (Å²) in [6, 6.07) is 3.18. The van der Waals surface area contributed by atoms with Gasteiger partial charge in [-0.05, 0) is 34.4 Å². The van der Waals surface area contributed by atoms with Gasteiger partial charge in [-0.25, -0.2) is 0 Å². The van der Waals surface area contributed by atoms with Gasteiger partial charge in [0, 0.05) is 0 Å². The van der Waals surface area contributed by atoms with Gasteiger partial charge in [-0.1, -0.05) is 5.16 Å². The van der Waals surface area contributed by atoms with E-state index in [1.807, 2.05) is 0 Å². The van der Waals surface area contributed by atoms with Crippen molar-refractivity contribution in [2.45, 2.75) is 19.8 Å². The van der Waals surface area contributed by atoms with E-state index in [0.29, 0.717) is 22.3 Å². The van der Waals surface area contributed by atoms with Crippen molar-refractivity contribution in [1.29, 1.82) is 0 Å². The molecule has 5 heteroatoms. The van der Waals surface area contributed by atoms with Crippen LogP contribution in [0, 0.1) is 0 Å². The van der Waals surface area contributed by atoms with Gasteiger partial charge in [0.05, 0.1) is 26.0 Å². The summed E-state index contributed by atoms with van der Waals surface area (Å²) < 4.78 is 0. The Morgan fingerprint density at radius 1 is 1.00 bits per heavy atom. The van der Waals surface area contributed by atoms with Crippen LogP contribution in [0.5, 0.6) is 0 Å². The maximum atomic E-state index is 9.08. The molecule has 0 heterocycles. The molecule has 0 saturated heterocycles. The number of aliphatic hydroxyl groups is 3. The Hall–Kier alpha value is -1.43. The molecular weight excluding hydrogens is 198 g/mol. The van der Waals surface area contributed by atoms with Gasteiger partial charge in [-0.3, -0.25) is 0 Å². The van der Waals surface area contributed by atoms with Crippen LogP contribution in [-0.4, -0.2) is 26.7 Å². The smallest absolute Gasteiger partial charge is 0.0734 e. The maximum Gasteiger partial charge on any atom is 0.0734 e. The first-order valence-electron chi connectivity index (χ1n) is 4.41. The monoisotopic (exact) mass is 211 g/mol. The van der Waals surface area contributed by atoms with E-state index in [1.54, 1.807) is 12.1 Å². The first kappa shape index (κ1) is 11.6. The lowest BCUT2D eigenvalue weighted by Crippen LogP contribution is -2.02. The van der Waals surface area contributed by atoms with Gasteiger partial charge in [0.1, 0.15) is 0 Å². The SMILES string of the molecule is OCc1cc(/C=N/O)cc(CO)c1CO. The Morgan fingerprint density at radius 2 is 1.53 bits per heavy atom. The van der Waals surface area contributed by atoms with Crippen LogP contribution in [0.15, 0.2) is 17.3 Å². The summed E-state index contributed by atoms with van der Waals surface area (Å²) in [4.78, 5) is 0. The number of oxime groups is 1. The third kappa shape index (κ3) is 2.53. The fourth-order valence-electron chi connectivity index (χ4n) is 1.45. The Balaban J connectivity index is 3.28. The Labute approximate surface area is 86.9 Å². The number of aliphatic hydroxyl groups excluding tert-OH is 3. The highest BCUT2D eigenvalue weighted by Gasteiger charge is 2.08. The molecule has 0 atom stereocenters. The molecule has 1 rings (SSSR count). The van der Waals surface area contributed by atoms with E-state index in [0.717, 1.165) is 0 Å². The fraction of sp³-hybridized carbons (Fsp3) is 0.300. The summed E-state index contributed by atoms with van der Waals surface area (Å²) in [5.41, 5.74) is 2.09. The van der Waals surface area contributed by atoms with Crippen LogP contribution in [0.3, 0.4) is 0 Å². The first-order valence-corrected chi connectivity index (χ1v) is 4.41. The third-order valence-corrected chi connectivity index (χ3v) is 2.16. The van der Waals surface area contributed by atoms with Crippen LogP contribution in [0.1, 0.15) is 22.3 Å². The van der Waals surface area contributed by atoms with Crippen LogP contribution < -0.4 is 0 Å². The number of hydrogen-bond acceptors (Lipinski definition) is 5. The van der Waals surface area contributed by atoms with Gasteiger partial charge in [-0.2, -0.15) is 0 Å². The van der Waals surface area contributed by atoms with Crippen molar-refractivity contribution in [2.24, 2.45) is 5.16 Å². The standard InChI is InChI=1S/C10H13NO4/c12-4-8-1-7(3-11-15)2-9(5-13)10(8)6-14/h1-3,12-15H,4-6H2/b11-3+. The van der Waals surface area contributed by atoms with E-state index in [2.05, 4.69) is 5.16 Å². The van der Waals surface area contributed by atoms with Crippen LogP contribution in [0.4, 0.5) is 0 Å². The summed E-state index contributed by atoms with van der Waals surface area (Å²) in [5, 5.41) is 38.4. The van der Waals surface area contributed by atoms with Gasteiger partial charge in [0.2, 0.25) is 0 Å². The van der Waals surface area contributed by atoms with Gasteiger partial charge < -0.3 is 20.5 Å². The van der Waals surface area contributed by atoms with Crippen molar-refractivity contribution in [3.05, 3.63) is 34.4 Å². The fourth-order valence-corrected chi connectivity index (χ4v) is 1.45. The van der Waals surface area contributed by atoms with Crippen molar-refractivity contribution in [3.63, 3.8) is 0 Å². The summed E-state index contributed by atoms with van der Waals surface area (Å²) in [6.45, 7) is -0.728. The molecule has 0 bridgehead atoms. The second-order valence-corrected chi connectivity index (χ2v) is 3.04. The zero-order valence-electron chi connectivity index (χ0n) is 8.09. The second kappa shape index (κ2) is 5.45. The topological polar surface area (TPSA) is 93.3 Å². The average molecular weight is 211 g/mol. The van der Waals surface area contributed by atoms with Gasteiger partial charge in [0.25, 0.3) is 0 Å². The molecule has 0 unspecified atom stereocenters. The molecule has 82 valence electrons. The minimum atomic E-state index is -0.248. The van der Waals surface area contributed by atoms with E-state index < -0.39 is 0 Å². The van der Waals surface area contributed by atoms with E-state index in [9.17, 15) is 0 Å². The zero-order chi connectivity index (χ0) is 11.3. The van der Waals surface area contributed by atoms with Crippen molar-refractivity contribution in [1.82, 2.24) is 0 Å². The molecule has 0 aromatic heterocycles. The summed E-state index contributed by atoms with van der Waals surface area (Å²) >= 11 is 0. The number of benzene rings is 1. The molecule has 0 aliphatic carbocycles. The first-order chi connectivity index (χ1) is 7.26. The lowest BCUT2D eigenvalue weighted by atomic mass is 9.99. The molecule has 4 N–H and O–H groups in total. The molecule has 15 heavy (non-hydrogen) atoms. The van der Waals surface area contributed by atoms with E-state index in [-0.39, 0.29) is 19.8 Å². The molecule has 0 aliphatic heterocycles. The normalized spacial score (nSPS) is 11.1. The molecule has 0 radical (unpaired) electrons. The zero-order valence-corrected chi connectivity index (χ0v) is 8.09. The maximum absolute atomic E-state index is 9.08. The highest BCUT2D eigenvalue weighted by Crippen LogP contribution is 2.17. The highest BCUT2D eigenvalue weighted by atomic mass is 16.4. The molecule has 0 amide bonds. The molecule has 5 nitrogen and oxygen atoms in total. The molecule has 0 aliphatic rings. The quantitative estimate of drug-likeness (QED) is 0.319. The number of nitrogens with zero attached hydrogens (tertiary/aromatic N) is 1. The van der Waals surface area contributed by atoms with Crippen LogP contribution in [-0.2, 0) is 19.8 Å². The van der Waals surface area contributed by atoms with Crippen molar-refractivity contribution in [3.8, 4) is 0 Å². The lowest BCUT2D eigenvalue weighted by Gasteiger charge is -2.11. The molecule has 0 spiro atoms. The molecule has 0 fully saturated rings. The third-order valence-electron chi connectivity index (χ3n) is 2.16. The Bertz CT molecular complexity index is 337. The molecular formula is C10H13NO4. The second-order valence-electron chi connectivity index (χ2n) is 3.04. The van der Waals surface area contributed by atoms with E-state index in [1.165, 1.54) is 6.21 Å². The van der Waals surface area contributed by atoms with Gasteiger partial charge in [0.15, 0.2) is 0 Å². The van der Waals surface area contributed by atoms with Gasteiger partial charge >= 0.3 is 0 Å². The molecule has 1 aromatic rings. The predicted molar refractivity (Wildman–Crippen MR) is 53.6 cm³/mol. The van der Waals surface area contributed by atoms with Crippen LogP contribution in [0.2, 0.25) is 0 Å². The van der Waals surface area contributed by atoms with Crippen LogP contribution in [0.25, 0.3) is 0 Å². The van der Waals surface area contributed by atoms with Crippen molar-refractivity contribution < 1.29 is 20.5 Å². The Kier molecular flexibility index (Phi) is 4.23. The largest absolute Gasteiger partial charge is 0.411 e. The molecule has 0 saturated carbocycles. The lowest BCUT2D eigenvalue weighted by molar-refractivity contribution is 0.247. The summed E-state index contributed by atoms with van der Waals surface area (Å²) in [6.07, 6.45) is 1.19. The van der Waals surface area contributed by atoms with E-state index in [4.69, 9.17) is 20.5 Å². The highest BCUT2D eigenvalue weighted by molar-refractivity contribution is 5.80. The van der Waals surface area contributed by atoms with Crippen molar-refractivity contribution >= 4 is 6.21 Å². The summed E-state index contributed by atoms with van der Waals surface area (Å²) in [7, 11) is 0. The van der Waals surface area contributed by atoms with Crippen molar-refractivity contribution in [2.75, 3.05) is 0 Å². The Morgan fingerprint density at radius 3 is 1.87 bits per heavy atom. The average Bonchev–Trinajstić information content (AvgIpc) is 2.28. The predicted octanol–water partition coefficient (Wildman–Crippen LogP) is -0.0284. The molecule has 1 aromatic carbocycles. The number of hydrogen-bond donors (Lipinski definition) is 4.